The largest absolute Gasteiger partial charge is 0.317 e. The van der Waals surface area contributed by atoms with E-state index in [1.54, 1.807) is 0 Å². The van der Waals surface area contributed by atoms with Gasteiger partial charge >= 0.3 is 0 Å². The van der Waals surface area contributed by atoms with E-state index in [2.05, 4.69) is 20.6 Å². The lowest BCUT2D eigenvalue weighted by atomic mass is 9.97. The monoisotopic (exact) mass is 265 g/mol. The van der Waals surface area contributed by atoms with Crippen LogP contribution in [-0.2, 0) is 11.3 Å². The highest BCUT2D eigenvalue weighted by Gasteiger charge is 2.21. The summed E-state index contributed by atoms with van der Waals surface area (Å²) in [5.41, 5.74) is 0. The first-order valence-electron chi connectivity index (χ1n) is 6.85. The topological polar surface area (TPSA) is 62.2 Å². The minimum Gasteiger partial charge on any atom is -0.317 e. The van der Waals surface area contributed by atoms with Gasteiger partial charge in [0.05, 0.1) is 6.54 Å². The van der Waals surface area contributed by atoms with Crippen LogP contribution in [0.15, 0.2) is 12.3 Å². The molecular formula is C13H23N5O. The quantitative estimate of drug-likeness (QED) is 0.808. The first-order chi connectivity index (χ1) is 9.15. The minimum atomic E-state index is 0.0966. The van der Waals surface area contributed by atoms with Gasteiger partial charge in [-0.25, -0.2) is 0 Å². The molecule has 1 fully saturated rings. The summed E-state index contributed by atoms with van der Waals surface area (Å²) in [6.07, 6.45) is 3.72. The fourth-order valence-corrected chi connectivity index (χ4v) is 2.17. The zero-order valence-corrected chi connectivity index (χ0v) is 11.7. The molecule has 106 valence electrons. The molecular weight excluding hydrogens is 242 g/mol. The van der Waals surface area contributed by atoms with Crippen LogP contribution in [-0.4, -0.2) is 54.3 Å². The maximum atomic E-state index is 12.0. The third-order valence-corrected chi connectivity index (χ3v) is 3.38. The van der Waals surface area contributed by atoms with Gasteiger partial charge in [-0.1, -0.05) is 0 Å². The zero-order valence-electron chi connectivity index (χ0n) is 11.7. The van der Waals surface area contributed by atoms with Gasteiger partial charge < -0.3 is 15.5 Å². The summed E-state index contributed by atoms with van der Waals surface area (Å²) < 4.78 is 1.86. The van der Waals surface area contributed by atoms with Crippen LogP contribution in [0.5, 0.6) is 0 Å². The van der Waals surface area contributed by atoms with Crippen molar-refractivity contribution in [3.8, 4) is 0 Å². The van der Waals surface area contributed by atoms with Crippen LogP contribution in [0.1, 0.15) is 12.8 Å². The molecule has 1 aromatic heterocycles. The van der Waals surface area contributed by atoms with Crippen molar-refractivity contribution < 1.29 is 4.79 Å². The molecule has 0 radical (unpaired) electrons. The molecule has 1 aliphatic heterocycles. The van der Waals surface area contributed by atoms with E-state index in [0.29, 0.717) is 5.82 Å². The van der Waals surface area contributed by atoms with Crippen molar-refractivity contribution in [3.05, 3.63) is 12.3 Å². The predicted molar refractivity (Wildman–Crippen MR) is 75.0 cm³/mol. The molecule has 0 saturated carbocycles. The van der Waals surface area contributed by atoms with E-state index in [4.69, 9.17) is 0 Å². The van der Waals surface area contributed by atoms with Crippen LogP contribution in [0, 0.1) is 5.92 Å². The molecule has 1 saturated heterocycles. The number of nitrogens with one attached hydrogen (secondary N) is 2. The van der Waals surface area contributed by atoms with E-state index < -0.39 is 0 Å². The van der Waals surface area contributed by atoms with Crippen molar-refractivity contribution in [1.82, 2.24) is 20.0 Å². The molecule has 0 aromatic carbocycles. The summed E-state index contributed by atoms with van der Waals surface area (Å²) in [6, 6.07) is 1.86. The molecule has 6 heteroatoms. The Morgan fingerprint density at radius 1 is 1.53 bits per heavy atom. The Bertz CT molecular complexity index is 409. The SMILES string of the molecule is CN(C)CCn1ccc(NC(=O)C2CCNCC2)n1. The maximum Gasteiger partial charge on any atom is 0.228 e. The Morgan fingerprint density at radius 2 is 2.26 bits per heavy atom. The molecule has 2 rings (SSSR count). The van der Waals surface area contributed by atoms with Gasteiger partial charge in [0.15, 0.2) is 5.82 Å². The molecule has 0 bridgehead atoms. The van der Waals surface area contributed by atoms with Crippen LogP contribution in [0.25, 0.3) is 0 Å². The summed E-state index contributed by atoms with van der Waals surface area (Å²) in [4.78, 5) is 14.2. The number of nitrogens with zero attached hydrogens (tertiary/aromatic N) is 3. The third-order valence-electron chi connectivity index (χ3n) is 3.38. The van der Waals surface area contributed by atoms with Crippen molar-refractivity contribution in [2.24, 2.45) is 5.92 Å². The number of carbonyl (C=O) groups is 1. The van der Waals surface area contributed by atoms with E-state index in [1.165, 1.54) is 0 Å². The summed E-state index contributed by atoms with van der Waals surface area (Å²) in [5, 5.41) is 10.5. The molecule has 19 heavy (non-hydrogen) atoms. The summed E-state index contributed by atoms with van der Waals surface area (Å²) in [5.74, 6) is 0.870. The normalized spacial score (nSPS) is 16.8. The smallest absolute Gasteiger partial charge is 0.228 e. The Hall–Kier alpha value is -1.40. The number of rotatable bonds is 5. The number of carbonyl (C=O) groups excluding carboxylic acids is 1. The Kier molecular flexibility index (Phi) is 4.93. The van der Waals surface area contributed by atoms with E-state index in [-0.39, 0.29) is 11.8 Å². The Labute approximate surface area is 114 Å². The number of likely N-dealkylation sites (N-methyl/N-ethyl adjacent to an activating group) is 1. The molecule has 1 aromatic rings. The van der Waals surface area contributed by atoms with Crippen molar-refractivity contribution in [3.63, 3.8) is 0 Å². The van der Waals surface area contributed by atoms with Crippen molar-refractivity contribution in [1.29, 1.82) is 0 Å². The lowest BCUT2D eigenvalue weighted by Gasteiger charge is -2.21. The predicted octanol–water partition coefficient (Wildman–Crippen LogP) is 0.383. The van der Waals surface area contributed by atoms with Crippen molar-refractivity contribution in [2.75, 3.05) is 39.0 Å². The summed E-state index contributed by atoms with van der Waals surface area (Å²) in [7, 11) is 4.06. The fourth-order valence-electron chi connectivity index (χ4n) is 2.17. The summed E-state index contributed by atoms with van der Waals surface area (Å²) in [6.45, 7) is 3.62. The van der Waals surface area contributed by atoms with E-state index in [1.807, 2.05) is 31.0 Å². The van der Waals surface area contributed by atoms with Crippen LogP contribution < -0.4 is 10.6 Å². The number of aromatic nitrogens is 2. The number of amides is 1. The first-order valence-corrected chi connectivity index (χ1v) is 6.85. The molecule has 1 amide bonds. The first kappa shape index (κ1) is 14.0. The average Bonchev–Trinajstić information content (AvgIpc) is 2.85. The number of anilines is 1. The van der Waals surface area contributed by atoms with E-state index in [9.17, 15) is 4.79 Å². The van der Waals surface area contributed by atoms with Gasteiger partial charge in [-0.3, -0.25) is 9.48 Å². The van der Waals surface area contributed by atoms with Crippen LogP contribution in [0.4, 0.5) is 5.82 Å². The number of hydrogen-bond acceptors (Lipinski definition) is 4. The highest BCUT2D eigenvalue weighted by atomic mass is 16.2. The molecule has 0 spiro atoms. The van der Waals surface area contributed by atoms with Crippen LogP contribution >= 0.6 is 0 Å². The summed E-state index contributed by atoms with van der Waals surface area (Å²) >= 11 is 0. The molecule has 0 atom stereocenters. The minimum absolute atomic E-state index is 0.0966. The highest BCUT2D eigenvalue weighted by molar-refractivity contribution is 5.91. The van der Waals surface area contributed by atoms with Gasteiger partial charge in [-0.15, -0.1) is 0 Å². The molecule has 2 N–H and O–H groups in total. The lowest BCUT2D eigenvalue weighted by Crippen LogP contribution is -2.34. The van der Waals surface area contributed by atoms with Crippen LogP contribution in [0.2, 0.25) is 0 Å². The van der Waals surface area contributed by atoms with Crippen molar-refractivity contribution >= 4 is 11.7 Å². The second-order valence-corrected chi connectivity index (χ2v) is 5.28. The second-order valence-electron chi connectivity index (χ2n) is 5.28. The van der Waals surface area contributed by atoms with Gasteiger partial charge in [0, 0.05) is 24.7 Å². The highest BCUT2D eigenvalue weighted by Crippen LogP contribution is 2.14. The molecule has 0 unspecified atom stereocenters. The van der Waals surface area contributed by atoms with Gasteiger partial charge in [-0.2, -0.15) is 5.10 Å². The lowest BCUT2D eigenvalue weighted by molar-refractivity contribution is -0.120. The maximum absolute atomic E-state index is 12.0. The molecule has 2 heterocycles. The van der Waals surface area contributed by atoms with Crippen molar-refractivity contribution in [2.45, 2.75) is 19.4 Å². The van der Waals surface area contributed by atoms with E-state index >= 15 is 0 Å². The molecule has 1 aliphatic rings. The van der Waals surface area contributed by atoms with Gasteiger partial charge in [-0.05, 0) is 40.0 Å². The Morgan fingerprint density at radius 3 is 2.95 bits per heavy atom. The van der Waals surface area contributed by atoms with E-state index in [0.717, 1.165) is 39.0 Å². The van der Waals surface area contributed by atoms with Crippen LogP contribution in [0.3, 0.4) is 0 Å². The fraction of sp³-hybridized carbons (Fsp3) is 0.692. The molecule has 0 aliphatic carbocycles. The van der Waals surface area contributed by atoms with Gasteiger partial charge in [0.1, 0.15) is 0 Å². The third kappa shape index (κ3) is 4.33. The average molecular weight is 265 g/mol. The Balaban J connectivity index is 1.83. The number of hydrogen-bond donors (Lipinski definition) is 2. The second kappa shape index (κ2) is 6.68. The zero-order chi connectivity index (χ0) is 13.7. The molecule has 6 nitrogen and oxygen atoms in total. The standard InChI is InChI=1S/C13H23N5O/c1-17(2)9-10-18-8-5-12(16-18)15-13(19)11-3-6-14-7-4-11/h5,8,11,14H,3-4,6-7,9-10H2,1-2H3,(H,15,16,19). The van der Waals surface area contributed by atoms with Gasteiger partial charge in [0.2, 0.25) is 5.91 Å². The van der Waals surface area contributed by atoms with Gasteiger partial charge in [0.25, 0.3) is 0 Å². The number of piperidine rings is 1.